The normalized spacial score (nSPS) is 40.9. The molecule has 1 saturated carbocycles. The molecule has 0 aromatic heterocycles. The number of rotatable bonds is 0. The molecule has 2 N–H and O–H groups in total. The molecule has 1 spiro atoms. The van der Waals surface area contributed by atoms with Gasteiger partial charge in [-0.1, -0.05) is 0 Å². The van der Waals surface area contributed by atoms with Gasteiger partial charge in [-0.15, -0.1) is 0 Å². The Balaban J connectivity index is 2.03. The molecular weight excluding hydrogens is 102 g/mol. The smallest absolute Gasteiger partial charge is 0.0701 e. The Bertz CT molecular complexity index is 109. The van der Waals surface area contributed by atoms with Crippen LogP contribution >= 0.6 is 0 Å². The minimum absolute atomic E-state index is 0.291. The maximum Gasteiger partial charge on any atom is 0.0701 e. The van der Waals surface area contributed by atoms with Crippen LogP contribution in [-0.2, 0) is 4.74 Å². The van der Waals surface area contributed by atoms with Gasteiger partial charge in [-0.2, -0.15) is 0 Å². The lowest BCUT2D eigenvalue weighted by atomic mass is 10.2. The van der Waals surface area contributed by atoms with Crippen LogP contribution in [0.2, 0.25) is 0 Å². The number of hydrogen-bond donors (Lipinski definition) is 1. The molecule has 0 radical (unpaired) electrons. The summed E-state index contributed by atoms with van der Waals surface area (Å²) in [6.45, 7) is 0.792. The molecule has 0 aromatic rings. The fraction of sp³-hybridized carbons (Fsp3) is 1.00. The van der Waals surface area contributed by atoms with Crippen molar-refractivity contribution in [3.8, 4) is 0 Å². The van der Waals surface area contributed by atoms with Gasteiger partial charge in [0.1, 0.15) is 0 Å². The third-order valence-corrected chi connectivity index (χ3v) is 2.05. The highest BCUT2D eigenvalue weighted by Gasteiger charge is 2.49. The third-order valence-electron chi connectivity index (χ3n) is 2.05. The van der Waals surface area contributed by atoms with Gasteiger partial charge in [0.25, 0.3) is 0 Å². The van der Waals surface area contributed by atoms with E-state index in [0.717, 1.165) is 13.0 Å². The first-order chi connectivity index (χ1) is 3.81. The van der Waals surface area contributed by atoms with Gasteiger partial charge in [0, 0.05) is 6.04 Å². The Morgan fingerprint density at radius 3 is 2.50 bits per heavy atom. The van der Waals surface area contributed by atoms with E-state index >= 15 is 0 Å². The number of nitrogens with two attached hydrogens (primary N) is 1. The maximum atomic E-state index is 5.63. The molecule has 1 aliphatic carbocycles. The summed E-state index contributed by atoms with van der Waals surface area (Å²) in [4.78, 5) is 0. The van der Waals surface area contributed by atoms with Gasteiger partial charge >= 0.3 is 0 Å². The molecule has 1 aliphatic heterocycles. The summed E-state index contributed by atoms with van der Waals surface area (Å²) in [5.74, 6) is 0. The van der Waals surface area contributed by atoms with E-state index in [-0.39, 0.29) is 0 Å². The molecule has 0 amide bonds. The lowest BCUT2D eigenvalue weighted by Crippen LogP contribution is -2.19. The van der Waals surface area contributed by atoms with E-state index in [1.165, 1.54) is 12.8 Å². The van der Waals surface area contributed by atoms with E-state index in [1.807, 2.05) is 0 Å². The second-order valence-electron chi connectivity index (χ2n) is 2.96. The summed E-state index contributed by atoms with van der Waals surface area (Å²) < 4.78 is 5.44. The van der Waals surface area contributed by atoms with Crippen molar-refractivity contribution >= 4 is 0 Å². The van der Waals surface area contributed by atoms with Crippen LogP contribution in [0.15, 0.2) is 0 Å². The molecule has 46 valence electrons. The Morgan fingerprint density at radius 2 is 2.25 bits per heavy atom. The van der Waals surface area contributed by atoms with Gasteiger partial charge in [0.15, 0.2) is 0 Å². The van der Waals surface area contributed by atoms with Crippen molar-refractivity contribution in [2.75, 3.05) is 6.61 Å². The van der Waals surface area contributed by atoms with E-state index < -0.39 is 0 Å². The Morgan fingerprint density at radius 1 is 1.50 bits per heavy atom. The molecule has 0 bridgehead atoms. The molecule has 0 aromatic carbocycles. The van der Waals surface area contributed by atoms with Gasteiger partial charge in [0.2, 0.25) is 0 Å². The molecular formula is C6H11NO. The summed E-state index contributed by atoms with van der Waals surface area (Å²) in [5.41, 5.74) is 5.92. The first-order valence-corrected chi connectivity index (χ1v) is 3.20. The van der Waals surface area contributed by atoms with Crippen LogP contribution in [0.4, 0.5) is 0 Å². The predicted octanol–water partition coefficient (Wildman–Crippen LogP) is 0.267. The van der Waals surface area contributed by atoms with E-state index in [1.54, 1.807) is 0 Å². The topological polar surface area (TPSA) is 35.2 Å². The zero-order chi connectivity index (χ0) is 5.61. The van der Waals surface area contributed by atoms with Gasteiger partial charge in [-0.25, -0.2) is 0 Å². The first kappa shape index (κ1) is 4.77. The second-order valence-corrected chi connectivity index (χ2v) is 2.96. The van der Waals surface area contributed by atoms with Crippen LogP contribution in [-0.4, -0.2) is 18.2 Å². The molecule has 2 aliphatic rings. The molecule has 2 heteroatoms. The van der Waals surface area contributed by atoms with Crippen LogP contribution < -0.4 is 5.73 Å². The van der Waals surface area contributed by atoms with Gasteiger partial charge in [0.05, 0.1) is 12.2 Å². The van der Waals surface area contributed by atoms with Gasteiger partial charge in [-0.05, 0) is 19.3 Å². The fourth-order valence-corrected chi connectivity index (χ4v) is 1.37. The quantitative estimate of drug-likeness (QED) is 0.489. The second kappa shape index (κ2) is 1.25. The fourth-order valence-electron chi connectivity index (χ4n) is 1.37. The van der Waals surface area contributed by atoms with Crippen LogP contribution in [0, 0.1) is 0 Å². The molecule has 8 heavy (non-hydrogen) atoms. The largest absolute Gasteiger partial charge is 0.373 e. The molecule has 2 nitrogen and oxygen atoms in total. The van der Waals surface area contributed by atoms with E-state index in [2.05, 4.69) is 0 Å². The Kier molecular flexibility index (Phi) is 0.746. The first-order valence-electron chi connectivity index (χ1n) is 3.20. The minimum atomic E-state index is 0.291. The van der Waals surface area contributed by atoms with Crippen molar-refractivity contribution in [3.05, 3.63) is 0 Å². The molecule has 1 saturated heterocycles. The Hall–Kier alpha value is -0.0800. The summed E-state index contributed by atoms with van der Waals surface area (Å²) >= 11 is 0. The monoisotopic (exact) mass is 113 g/mol. The van der Waals surface area contributed by atoms with E-state index in [4.69, 9.17) is 10.5 Å². The lowest BCUT2D eigenvalue weighted by molar-refractivity contribution is 0.0897. The summed E-state index contributed by atoms with van der Waals surface area (Å²) in [6.07, 6.45) is 3.61. The van der Waals surface area contributed by atoms with Crippen LogP contribution in [0.1, 0.15) is 19.3 Å². The summed E-state index contributed by atoms with van der Waals surface area (Å²) in [5, 5.41) is 0. The van der Waals surface area contributed by atoms with Crippen LogP contribution in [0.5, 0.6) is 0 Å². The van der Waals surface area contributed by atoms with Crippen molar-refractivity contribution < 1.29 is 4.74 Å². The predicted molar refractivity (Wildman–Crippen MR) is 30.5 cm³/mol. The standard InChI is InChI=1S/C6H11NO/c7-5-3-6(1-2-6)8-4-5/h5H,1-4,7H2/t5-/m1/s1. The third kappa shape index (κ3) is 0.565. The van der Waals surface area contributed by atoms with Crippen LogP contribution in [0.3, 0.4) is 0 Å². The van der Waals surface area contributed by atoms with Crippen LogP contribution in [0.25, 0.3) is 0 Å². The lowest BCUT2D eigenvalue weighted by Gasteiger charge is -2.00. The van der Waals surface area contributed by atoms with Gasteiger partial charge < -0.3 is 10.5 Å². The van der Waals surface area contributed by atoms with Crippen molar-refractivity contribution in [3.63, 3.8) is 0 Å². The zero-order valence-corrected chi connectivity index (χ0v) is 4.89. The SMILES string of the molecule is N[C@H]1COC2(CC2)C1. The van der Waals surface area contributed by atoms with Crippen molar-refractivity contribution in [2.45, 2.75) is 30.9 Å². The average molecular weight is 113 g/mol. The van der Waals surface area contributed by atoms with Gasteiger partial charge in [-0.3, -0.25) is 0 Å². The van der Waals surface area contributed by atoms with E-state index in [9.17, 15) is 0 Å². The maximum absolute atomic E-state index is 5.63. The summed E-state index contributed by atoms with van der Waals surface area (Å²) in [6, 6.07) is 0.331. The van der Waals surface area contributed by atoms with Crippen molar-refractivity contribution in [1.29, 1.82) is 0 Å². The molecule has 1 heterocycles. The molecule has 0 unspecified atom stereocenters. The van der Waals surface area contributed by atoms with Crippen molar-refractivity contribution in [1.82, 2.24) is 0 Å². The number of ether oxygens (including phenoxy) is 1. The highest BCUT2D eigenvalue weighted by atomic mass is 16.5. The number of hydrogen-bond acceptors (Lipinski definition) is 2. The molecule has 2 rings (SSSR count). The van der Waals surface area contributed by atoms with Crippen molar-refractivity contribution in [2.24, 2.45) is 5.73 Å². The zero-order valence-electron chi connectivity index (χ0n) is 4.89. The Labute approximate surface area is 49.0 Å². The average Bonchev–Trinajstić information content (AvgIpc) is 2.34. The molecule has 1 atom stereocenters. The highest BCUT2D eigenvalue weighted by molar-refractivity contribution is 5.02. The van der Waals surface area contributed by atoms with E-state index in [0.29, 0.717) is 11.6 Å². The minimum Gasteiger partial charge on any atom is -0.373 e. The highest BCUT2D eigenvalue weighted by Crippen LogP contribution is 2.46. The summed E-state index contributed by atoms with van der Waals surface area (Å²) in [7, 11) is 0. The molecule has 2 fully saturated rings.